The number of aryl methyl sites for hydroxylation is 1. The van der Waals surface area contributed by atoms with Gasteiger partial charge in [0.05, 0.1) is 11.6 Å². The second-order valence-electron chi connectivity index (χ2n) is 8.73. The number of nitrogens with one attached hydrogen (secondary N) is 1. The molecular weight excluding hydrogens is 350 g/mol. The maximum absolute atomic E-state index is 4.88. The van der Waals surface area contributed by atoms with Crippen LogP contribution in [-0.2, 0) is 19.0 Å². The van der Waals surface area contributed by atoms with Crippen molar-refractivity contribution in [2.75, 3.05) is 18.4 Å². The van der Waals surface area contributed by atoms with Gasteiger partial charge in [-0.05, 0) is 31.0 Å². The summed E-state index contributed by atoms with van der Waals surface area (Å²) in [6.07, 6.45) is 7.95. The lowest BCUT2D eigenvalue weighted by atomic mass is 9.95. The largest absolute Gasteiger partial charge is 0.365 e. The Morgan fingerprint density at radius 2 is 2.07 bits per heavy atom. The third-order valence-corrected chi connectivity index (χ3v) is 5.24. The highest BCUT2D eigenvalue weighted by Gasteiger charge is 2.24. The van der Waals surface area contributed by atoms with Gasteiger partial charge in [0.25, 0.3) is 0 Å². The molecule has 7 heteroatoms. The average Bonchev–Trinajstić information content (AvgIpc) is 3.04. The van der Waals surface area contributed by atoms with Crippen LogP contribution in [-0.4, -0.2) is 48.8 Å². The van der Waals surface area contributed by atoms with Crippen LogP contribution in [0.5, 0.6) is 0 Å². The molecule has 0 aromatic carbocycles. The van der Waals surface area contributed by atoms with E-state index >= 15 is 0 Å². The smallest absolute Gasteiger partial charge is 0.163 e. The third-order valence-electron chi connectivity index (χ3n) is 5.24. The number of anilines is 1. The minimum Gasteiger partial charge on any atom is -0.365 e. The van der Waals surface area contributed by atoms with Crippen LogP contribution in [0.15, 0.2) is 30.7 Å². The Hall–Kier alpha value is -2.54. The van der Waals surface area contributed by atoms with Crippen LogP contribution in [0.3, 0.4) is 0 Å². The van der Waals surface area contributed by atoms with Crippen molar-refractivity contribution in [3.05, 3.63) is 42.1 Å². The van der Waals surface area contributed by atoms with E-state index < -0.39 is 0 Å². The number of fused-ring (bicyclic) bond motifs is 1. The van der Waals surface area contributed by atoms with Crippen molar-refractivity contribution >= 4 is 16.9 Å². The molecule has 1 N–H and O–H groups in total. The van der Waals surface area contributed by atoms with Gasteiger partial charge in [-0.2, -0.15) is 5.10 Å². The lowest BCUT2D eigenvalue weighted by molar-refractivity contribution is 0.208. The first-order valence-electron chi connectivity index (χ1n) is 9.98. The summed E-state index contributed by atoms with van der Waals surface area (Å²) < 4.78 is 1.83. The van der Waals surface area contributed by atoms with Crippen LogP contribution in [0.4, 0.5) is 5.82 Å². The molecule has 7 nitrogen and oxygen atoms in total. The normalized spacial score (nSPS) is 18.5. The summed E-state index contributed by atoms with van der Waals surface area (Å²) in [5, 5.41) is 9.09. The standard InChI is InChI=1S/C21H29N7/c1-21(2,3)20-25-18(17-12-23-27(4)19(17)26-20)24-16-8-6-10-28(14-16)13-15-7-5-9-22-11-15/h5,7,9,11-12,16H,6,8,10,13-14H2,1-4H3,(H,24,25,26)/t16-/m1/s1. The van der Waals surface area contributed by atoms with Gasteiger partial charge in [-0.3, -0.25) is 14.6 Å². The van der Waals surface area contributed by atoms with E-state index in [4.69, 9.17) is 9.97 Å². The van der Waals surface area contributed by atoms with E-state index in [9.17, 15) is 0 Å². The molecule has 0 radical (unpaired) electrons. The van der Waals surface area contributed by atoms with E-state index in [-0.39, 0.29) is 5.41 Å². The predicted molar refractivity (Wildman–Crippen MR) is 111 cm³/mol. The summed E-state index contributed by atoms with van der Waals surface area (Å²) >= 11 is 0. The summed E-state index contributed by atoms with van der Waals surface area (Å²) in [4.78, 5) is 16.4. The Morgan fingerprint density at radius 1 is 1.21 bits per heavy atom. The molecule has 1 atom stereocenters. The third kappa shape index (κ3) is 3.99. The average molecular weight is 380 g/mol. The molecule has 1 aliphatic heterocycles. The molecule has 0 saturated carbocycles. The minimum absolute atomic E-state index is 0.117. The molecule has 3 aromatic rings. The van der Waals surface area contributed by atoms with Gasteiger partial charge in [0.2, 0.25) is 0 Å². The fourth-order valence-corrected chi connectivity index (χ4v) is 3.73. The number of rotatable bonds is 4. The molecule has 3 aromatic heterocycles. The molecule has 0 bridgehead atoms. The van der Waals surface area contributed by atoms with Gasteiger partial charge in [0.1, 0.15) is 11.6 Å². The molecule has 1 fully saturated rings. The second kappa shape index (κ2) is 7.47. The molecule has 4 heterocycles. The van der Waals surface area contributed by atoms with E-state index in [1.807, 2.05) is 36.4 Å². The number of piperidine rings is 1. The van der Waals surface area contributed by atoms with Gasteiger partial charge in [-0.1, -0.05) is 26.8 Å². The molecule has 0 spiro atoms. The topological polar surface area (TPSA) is 71.8 Å². The van der Waals surface area contributed by atoms with Crippen LogP contribution < -0.4 is 5.32 Å². The monoisotopic (exact) mass is 379 g/mol. The Bertz CT molecular complexity index is 943. The zero-order valence-corrected chi connectivity index (χ0v) is 17.2. The first-order chi connectivity index (χ1) is 13.4. The zero-order valence-electron chi connectivity index (χ0n) is 17.2. The second-order valence-corrected chi connectivity index (χ2v) is 8.73. The van der Waals surface area contributed by atoms with Gasteiger partial charge in [0, 0.05) is 44.0 Å². The van der Waals surface area contributed by atoms with Gasteiger partial charge in [0.15, 0.2) is 5.65 Å². The number of pyridine rings is 1. The highest BCUT2D eigenvalue weighted by Crippen LogP contribution is 2.27. The van der Waals surface area contributed by atoms with E-state index in [2.05, 4.69) is 47.1 Å². The van der Waals surface area contributed by atoms with Crippen molar-refractivity contribution < 1.29 is 0 Å². The van der Waals surface area contributed by atoms with Gasteiger partial charge >= 0.3 is 0 Å². The van der Waals surface area contributed by atoms with E-state index in [0.29, 0.717) is 6.04 Å². The Morgan fingerprint density at radius 3 is 2.82 bits per heavy atom. The molecule has 1 saturated heterocycles. The predicted octanol–water partition coefficient (Wildman–Crippen LogP) is 3.13. The van der Waals surface area contributed by atoms with Gasteiger partial charge in [-0.15, -0.1) is 0 Å². The Kier molecular flexibility index (Phi) is 5.02. The molecule has 1 aliphatic rings. The molecule has 4 rings (SSSR count). The summed E-state index contributed by atoms with van der Waals surface area (Å²) in [5.41, 5.74) is 2.02. The van der Waals surface area contributed by atoms with Crippen molar-refractivity contribution in [3.63, 3.8) is 0 Å². The first kappa shape index (κ1) is 18.8. The Labute approximate surface area is 166 Å². The SMILES string of the molecule is Cn1ncc2c(N[C@@H]3CCCN(Cc4cccnc4)C3)nc(C(C)(C)C)nc21. The number of nitrogens with zero attached hydrogens (tertiary/aromatic N) is 6. The number of aromatic nitrogens is 5. The fraction of sp³-hybridized carbons (Fsp3) is 0.524. The minimum atomic E-state index is -0.117. The highest BCUT2D eigenvalue weighted by atomic mass is 15.3. The fourth-order valence-electron chi connectivity index (χ4n) is 3.73. The number of hydrogen-bond acceptors (Lipinski definition) is 6. The van der Waals surface area contributed by atoms with E-state index in [1.165, 1.54) is 12.0 Å². The van der Waals surface area contributed by atoms with Crippen LogP contribution in [0.2, 0.25) is 0 Å². The lowest BCUT2D eigenvalue weighted by Crippen LogP contribution is -2.41. The molecule has 0 amide bonds. The number of hydrogen-bond donors (Lipinski definition) is 1. The molecule has 28 heavy (non-hydrogen) atoms. The number of likely N-dealkylation sites (tertiary alicyclic amines) is 1. The summed E-state index contributed by atoms with van der Waals surface area (Å²) in [6.45, 7) is 9.48. The van der Waals surface area contributed by atoms with Crippen molar-refractivity contribution in [3.8, 4) is 0 Å². The maximum Gasteiger partial charge on any atom is 0.163 e. The first-order valence-corrected chi connectivity index (χ1v) is 9.98. The highest BCUT2D eigenvalue weighted by molar-refractivity contribution is 5.86. The molecule has 148 valence electrons. The van der Waals surface area contributed by atoms with Crippen LogP contribution in [0, 0.1) is 0 Å². The maximum atomic E-state index is 4.88. The van der Waals surface area contributed by atoms with Crippen LogP contribution in [0.25, 0.3) is 11.0 Å². The van der Waals surface area contributed by atoms with Gasteiger partial charge < -0.3 is 5.32 Å². The van der Waals surface area contributed by atoms with Gasteiger partial charge in [-0.25, -0.2) is 9.97 Å². The lowest BCUT2D eigenvalue weighted by Gasteiger charge is -2.33. The zero-order chi connectivity index (χ0) is 19.7. The van der Waals surface area contributed by atoms with E-state index in [0.717, 1.165) is 48.7 Å². The summed E-state index contributed by atoms with van der Waals surface area (Å²) in [5.74, 6) is 1.74. The van der Waals surface area contributed by atoms with Crippen LogP contribution >= 0.6 is 0 Å². The summed E-state index contributed by atoms with van der Waals surface area (Å²) in [7, 11) is 1.93. The Balaban J connectivity index is 1.55. The molecular formula is C21H29N7. The van der Waals surface area contributed by atoms with Crippen molar-refractivity contribution in [2.45, 2.75) is 51.6 Å². The molecule has 0 unspecified atom stereocenters. The van der Waals surface area contributed by atoms with Crippen molar-refractivity contribution in [1.29, 1.82) is 0 Å². The van der Waals surface area contributed by atoms with E-state index in [1.54, 1.807) is 0 Å². The quantitative estimate of drug-likeness (QED) is 0.751. The molecule has 0 aliphatic carbocycles. The summed E-state index contributed by atoms with van der Waals surface area (Å²) in [6, 6.07) is 4.50. The van der Waals surface area contributed by atoms with Crippen molar-refractivity contribution in [2.24, 2.45) is 7.05 Å². The van der Waals surface area contributed by atoms with Crippen LogP contribution in [0.1, 0.15) is 45.0 Å². The van der Waals surface area contributed by atoms with Crippen molar-refractivity contribution in [1.82, 2.24) is 29.6 Å².